The van der Waals surface area contributed by atoms with Gasteiger partial charge in [-0.2, -0.15) is 0 Å². The normalized spacial score (nSPS) is 11.8. The molecule has 0 spiro atoms. The van der Waals surface area contributed by atoms with Gasteiger partial charge in [-0.3, -0.25) is 4.79 Å². The van der Waals surface area contributed by atoms with Crippen molar-refractivity contribution in [2.24, 2.45) is 0 Å². The van der Waals surface area contributed by atoms with Crippen molar-refractivity contribution in [1.82, 2.24) is 10.6 Å². The van der Waals surface area contributed by atoms with Crippen LogP contribution in [0.1, 0.15) is 18.1 Å². The minimum Gasteiger partial charge on any atom is -0.484 e. The van der Waals surface area contributed by atoms with Gasteiger partial charge in [0.15, 0.2) is 6.61 Å². The molecule has 1 unspecified atom stereocenters. The quantitative estimate of drug-likeness (QED) is 0.721. The molecule has 2 aromatic rings. The SMILES string of the molecule is CNC(=O)COc1ccc(CC(C)NCCc2cccc(Cl)c2)cc1. The number of benzene rings is 2. The van der Waals surface area contributed by atoms with E-state index < -0.39 is 0 Å². The molecule has 0 saturated carbocycles. The molecular formula is C20H25ClN2O2. The molecule has 0 aliphatic heterocycles. The molecule has 2 N–H and O–H groups in total. The van der Waals surface area contributed by atoms with Crippen molar-refractivity contribution < 1.29 is 9.53 Å². The van der Waals surface area contributed by atoms with Crippen LogP contribution in [0.4, 0.5) is 0 Å². The third-order valence-corrected chi connectivity index (χ3v) is 4.14. The molecule has 134 valence electrons. The highest BCUT2D eigenvalue weighted by Crippen LogP contribution is 2.14. The van der Waals surface area contributed by atoms with Gasteiger partial charge in [0, 0.05) is 18.1 Å². The molecule has 0 bridgehead atoms. The number of ether oxygens (including phenoxy) is 1. The molecule has 0 aliphatic carbocycles. The zero-order valence-corrected chi connectivity index (χ0v) is 15.5. The van der Waals surface area contributed by atoms with E-state index >= 15 is 0 Å². The molecule has 0 aliphatic rings. The number of nitrogens with one attached hydrogen (secondary N) is 2. The van der Waals surface area contributed by atoms with Crippen LogP contribution in [0.15, 0.2) is 48.5 Å². The third-order valence-electron chi connectivity index (χ3n) is 3.91. The van der Waals surface area contributed by atoms with Crippen LogP contribution in [-0.2, 0) is 17.6 Å². The van der Waals surface area contributed by atoms with Crippen LogP contribution >= 0.6 is 11.6 Å². The Balaban J connectivity index is 1.72. The maximum atomic E-state index is 11.2. The predicted molar refractivity (Wildman–Crippen MR) is 102 cm³/mol. The first-order chi connectivity index (χ1) is 12.1. The molecule has 2 aromatic carbocycles. The summed E-state index contributed by atoms with van der Waals surface area (Å²) in [5.41, 5.74) is 2.47. The second-order valence-electron chi connectivity index (χ2n) is 6.05. The van der Waals surface area contributed by atoms with Crippen molar-refractivity contribution >= 4 is 17.5 Å². The highest BCUT2D eigenvalue weighted by atomic mass is 35.5. The minimum absolute atomic E-state index is 0.0390. The van der Waals surface area contributed by atoms with Crippen LogP contribution in [0, 0.1) is 0 Å². The lowest BCUT2D eigenvalue weighted by Gasteiger charge is -2.14. The predicted octanol–water partition coefficient (Wildman–Crippen LogP) is 3.23. The van der Waals surface area contributed by atoms with Crippen molar-refractivity contribution in [3.63, 3.8) is 0 Å². The first-order valence-corrected chi connectivity index (χ1v) is 8.85. The first kappa shape index (κ1) is 19.3. The van der Waals surface area contributed by atoms with E-state index in [-0.39, 0.29) is 12.5 Å². The molecule has 25 heavy (non-hydrogen) atoms. The average Bonchev–Trinajstić information content (AvgIpc) is 2.61. The molecular weight excluding hydrogens is 336 g/mol. The van der Waals surface area contributed by atoms with Gasteiger partial charge in [0.1, 0.15) is 5.75 Å². The zero-order chi connectivity index (χ0) is 18.1. The minimum atomic E-state index is -0.137. The number of carbonyl (C=O) groups is 1. The summed E-state index contributed by atoms with van der Waals surface area (Å²) < 4.78 is 5.40. The maximum absolute atomic E-state index is 11.2. The van der Waals surface area contributed by atoms with Crippen molar-refractivity contribution in [1.29, 1.82) is 0 Å². The fourth-order valence-corrected chi connectivity index (χ4v) is 2.74. The van der Waals surface area contributed by atoms with E-state index in [0.29, 0.717) is 11.8 Å². The topological polar surface area (TPSA) is 50.4 Å². The fourth-order valence-electron chi connectivity index (χ4n) is 2.52. The van der Waals surface area contributed by atoms with E-state index in [4.69, 9.17) is 16.3 Å². The van der Waals surface area contributed by atoms with Crippen molar-refractivity contribution in [2.45, 2.75) is 25.8 Å². The van der Waals surface area contributed by atoms with Gasteiger partial charge in [0.2, 0.25) is 0 Å². The highest BCUT2D eigenvalue weighted by molar-refractivity contribution is 6.30. The molecule has 1 atom stereocenters. The Kier molecular flexibility index (Phi) is 7.76. The number of amides is 1. The lowest BCUT2D eigenvalue weighted by molar-refractivity contribution is -0.122. The summed E-state index contributed by atoms with van der Waals surface area (Å²) in [6.45, 7) is 3.13. The maximum Gasteiger partial charge on any atom is 0.257 e. The summed E-state index contributed by atoms with van der Waals surface area (Å²) in [5, 5.41) is 6.84. The number of likely N-dealkylation sites (N-methyl/N-ethyl adjacent to an activating group) is 1. The second-order valence-corrected chi connectivity index (χ2v) is 6.48. The number of halogens is 1. The van der Waals surface area contributed by atoms with Gasteiger partial charge in [0.05, 0.1) is 0 Å². The van der Waals surface area contributed by atoms with E-state index in [9.17, 15) is 4.79 Å². The second kappa shape index (κ2) is 10.1. The molecule has 0 aromatic heterocycles. The summed E-state index contributed by atoms with van der Waals surface area (Å²) in [5.74, 6) is 0.565. The largest absolute Gasteiger partial charge is 0.484 e. The molecule has 0 radical (unpaired) electrons. The standard InChI is InChI=1S/C20H25ClN2O2/c1-15(23-11-10-16-4-3-5-18(21)13-16)12-17-6-8-19(9-7-17)25-14-20(24)22-2/h3-9,13,15,23H,10-12,14H2,1-2H3,(H,22,24). The number of hydrogen-bond donors (Lipinski definition) is 2. The van der Waals surface area contributed by atoms with E-state index in [0.717, 1.165) is 24.4 Å². The van der Waals surface area contributed by atoms with Crippen LogP contribution in [-0.4, -0.2) is 32.1 Å². The lowest BCUT2D eigenvalue weighted by Crippen LogP contribution is -2.30. The summed E-state index contributed by atoms with van der Waals surface area (Å²) in [7, 11) is 1.59. The van der Waals surface area contributed by atoms with Crippen LogP contribution in [0.2, 0.25) is 5.02 Å². The van der Waals surface area contributed by atoms with E-state index in [1.54, 1.807) is 7.05 Å². The molecule has 0 saturated heterocycles. The van der Waals surface area contributed by atoms with Gasteiger partial charge in [-0.15, -0.1) is 0 Å². The Morgan fingerprint density at radius 2 is 1.92 bits per heavy atom. The Morgan fingerprint density at radius 3 is 2.60 bits per heavy atom. The van der Waals surface area contributed by atoms with Gasteiger partial charge < -0.3 is 15.4 Å². The van der Waals surface area contributed by atoms with E-state index in [1.165, 1.54) is 11.1 Å². The zero-order valence-electron chi connectivity index (χ0n) is 14.7. The van der Waals surface area contributed by atoms with Crippen molar-refractivity contribution in [3.05, 3.63) is 64.7 Å². The molecule has 0 fully saturated rings. The number of hydrogen-bond acceptors (Lipinski definition) is 3. The van der Waals surface area contributed by atoms with Crippen molar-refractivity contribution in [3.8, 4) is 5.75 Å². The lowest BCUT2D eigenvalue weighted by atomic mass is 10.1. The molecule has 5 heteroatoms. The number of carbonyl (C=O) groups excluding carboxylic acids is 1. The number of rotatable bonds is 9. The van der Waals surface area contributed by atoms with Gasteiger partial charge in [0.25, 0.3) is 5.91 Å². The Morgan fingerprint density at radius 1 is 1.16 bits per heavy atom. The summed E-state index contributed by atoms with van der Waals surface area (Å²) >= 11 is 6.00. The van der Waals surface area contributed by atoms with Crippen LogP contribution in [0.3, 0.4) is 0 Å². The van der Waals surface area contributed by atoms with Crippen molar-refractivity contribution in [2.75, 3.05) is 20.2 Å². The summed E-state index contributed by atoms with van der Waals surface area (Å²) in [4.78, 5) is 11.2. The van der Waals surface area contributed by atoms with Gasteiger partial charge in [-0.1, -0.05) is 35.9 Å². The monoisotopic (exact) mass is 360 g/mol. The van der Waals surface area contributed by atoms with Crippen LogP contribution in [0.25, 0.3) is 0 Å². The molecule has 1 amide bonds. The van der Waals surface area contributed by atoms with E-state index in [1.807, 2.05) is 42.5 Å². The van der Waals surface area contributed by atoms with Crippen LogP contribution < -0.4 is 15.4 Å². The van der Waals surface area contributed by atoms with Gasteiger partial charge >= 0.3 is 0 Å². The molecule has 4 nitrogen and oxygen atoms in total. The summed E-state index contributed by atoms with van der Waals surface area (Å²) in [6, 6.07) is 16.2. The first-order valence-electron chi connectivity index (χ1n) is 8.47. The average molecular weight is 361 g/mol. The Labute approximate surface area is 154 Å². The van der Waals surface area contributed by atoms with E-state index in [2.05, 4.69) is 23.6 Å². The van der Waals surface area contributed by atoms with Gasteiger partial charge in [-0.25, -0.2) is 0 Å². The highest BCUT2D eigenvalue weighted by Gasteiger charge is 2.05. The fraction of sp³-hybridized carbons (Fsp3) is 0.350. The molecule has 0 heterocycles. The molecule has 2 rings (SSSR count). The van der Waals surface area contributed by atoms with Gasteiger partial charge in [-0.05, 0) is 61.7 Å². The Hall–Kier alpha value is -2.04. The smallest absolute Gasteiger partial charge is 0.257 e. The Bertz CT molecular complexity index is 674. The summed E-state index contributed by atoms with van der Waals surface area (Å²) in [6.07, 6.45) is 1.89. The van der Waals surface area contributed by atoms with Crippen LogP contribution in [0.5, 0.6) is 5.75 Å². The third kappa shape index (κ3) is 7.16.